The molecule has 1 saturated heterocycles. The summed E-state index contributed by atoms with van der Waals surface area (Å²) in [5.41, 5.74) is 3.35. The van der Waals surface area contributed by atoms with E-state index < -0.39 is 0 Å². The fourth-order valence-electron chi connectivity index (χ4n) is 5.13. The molecule has 1 aliphatic rings. The van der Waals surface area contributed by atoms with Gasteiger partial charge in [0.1, 0.15) is 0 Å². The van der Waals surface area contributed by atoms with Crippen molar-refractivity contribution in [1.82, 2.24) is 24.5 Å². The van der Waals surface area contributed by atoms with Crippen LogP contribution in [-0.4, -0.2) is 90.2 Å². The van der Waals surface area contributed by atoms with Gasteiger partial charge < -0.3 is 18.9 Å². The molecule has 42 heavy (non-hydrogen) atoms. The van der Waals surface area contributed by atoms with Crippen molar-refractivity contribution in [3.8, 4) is 0 Å². The molecule has 3 heterocycles. The van der Waals surface area contributed by atoms with Crippen molar-refractivity contribution < 1.29 is 23.7 Å². The normalized spacial score (nSPS) is 15.6. The smallest absolute Gasteiger partial charge is 0.262 e. The Kier molecular flexibility index (Phi) is 11.1. The zero-order valence-electron chi connectivity index (χ0n) is 24.0. The second-order valence-electron chi connectivity index (χ2n) is 10.3. The highest BCUT2D eigenvalue weighted by Crippen LogP contribution is 2.28. The lowest BCUT2D eigenvalue weighted by atomic mass is 10.2. The predicted octanol–water partition coefficient (Wildman–Crippen LogP) is 4.61. The largest absolute Gasteiger partial charge is 0.377 e. The quantitative estimate of drug-likeness (QED) is 0.173. The second-order valence-corrected chi connectivity index (χ2v) is 10.7. The van der Waals surface area contributed by atoms with Gasteiger partial charge in [-0.3, -0.25) is 14.3 Å². The SMILES string of the molecule is CN1CCC[C@H]1c1cn(CCOCCOCCOCCOCc2cn(C(=O)c3ccccc3)c3ccc(Cl)cc23)nn1. The van der Waals surface area contributed by atoms with Crippen LogP contribution >= 0.6 is 11.6 Å². The summed E-state index contributed by atoms with van der Waals surface area (Å²) in [7, 11) is 2.13. The summed E-state index contributed by atoms with van der Waals surface area (Å²) in [5, 5.41) is 10.0. The van der Waals surface area contributed by atoms with Gasteiger partial charge in [0.05, 0.1) is 82.8 Å². The highest BCUT2D eigenvalue weighted by molar-refractivity contribution is 6.31. The fourth-order valence-corrected chi connectivity index (χ4v) is 5.30. The number of ether oxygens (including phenoxy) is 4. The maximum Gasteiger partial charge on any atom is 0.262 e. The molecule has 4 aromatic rings. The molecule has 11 heteroatoms. The van der Waals surface area contributed by atoms with Crippen LogP contribution in [-0.2, 0) is 32.1 Å². The second kappa shape index (κ2) is 15.4. The Labute approximate surface area is 251 Å². The highest BCUT2D eigenvalue weighted by Gasteiger charge is 2.25. The Morgan fingerprint density at radius 2 is 1.64 bits per heavy atom. The van der Waals surface area contributed by atoms with E-state index in [0.717, 1.165) is 35.1 Å². The number of carbonyl (C=O) groups is 1. The van der Waals surface area contributed by atoms with Crippen molar-refractivity contribution in [2.24, 2.45) is 0 Å². The Hall–Kier alpha value is -3.12. The lowest BCUT2D eigenvalue weighted by molar-refractivity contribution is -0.00487. The van der Waals surface area contributed by atoms with Gasteiger partial charge in [-0.2, -0.15) is 0 Å². The van der Waals surface area contributed by atoms with Crippen LogP contribution in [0.25, 0.3) is 10.9 Å². The summed E-state index contributed by atoms with van der Waals surface area (Å²) in [6.07, 6.45) is 6.19. The summed E-state index contributed by atoms with van der Waals surface area (Å²) in [6, 6.07) is 15.1. The van der Waals surface area contributed by atoms with E-state index in [1.165, 1.54) is 6.42 Å². The Bertz CT molecular complexity index is 1430. The van der Waals surface area contributed by atoms with Crippen molar-refractivity contribution in [2.45, 2.75) is 32.0 Å². The summed E-state index contributed by atoms with van der Waals surface area (Å²) in [5.74, 6) is -0.0977. The first-order chi connectivity index (χ1) is 20.6. The van der Waals surface area contributed by atoms with Gasteiger partial charge in [-0.05, 0) is 56.8 Å². The molecule has 2 aromatic carbocycles. The number of carbonyl (C=O) groups excluding carboxylic acids is 1. The van der Waals surface area contributed by atoms with E-state index in [1.54, 1.807) is 22.8 Å². The Balaban J connectivity index is 0.927. The zero-order valence-corrected chi connectivity index (χ0v) is 24.7. The third-order valence-electron chi connectivity index (χ3n) is 7.35. The van der Waals surface area contributed by atoms with Gasteiger partial charge in [0.2, 0.25) is 0 Å². The number of nitrogens with zero attached hydrogens (tertiary/aromatic N) is 5. The summed E-state index contributed by atoms with van der Waals surface area (Å²) in [4.78, 5) is 15.4. The van der Waals surface area contributed by atoms with Gasteiger partial charge in [0, 0.05) is 27.7 Å². The molecule has 5 rings (SSSR count). The zero-order chi connectivity index (χ0) is 29.1. The maximum absolute atomic E-state index is 13.1. The molecule has 0 radical (unpaired) electrons. The minimum absolute atomic E-state index is 0.0977. The van der Waals surface area contributed by atoms with E-state index in [-0.39, 0.29) is 5.91 Å². The average molecular weight is 596 g/mol. The lowest BCUT2D eigenvalue weighted by Gasteiger charge is -2.15. The molecule has 1 atom stereocenters. The number of aromatic nitrogens is 4. The van der Waals surface area contributed by atoms with Crippen molar-refractivity contribution in [3.05, 3.63) is 82.8 Å². The topological polar surface area (TPSA) is 92.9 Å². The first-order valence-electron chi connectivity index (χ1n) is 14.4. The first-order valence-corrected chi connectivity index (χ1v) is 14.8. The molecule has 1 aliphatic heterocycles. The monoisotopic (exact) mass is 595 g/mol. The number of likely N-dealkylation sites (tertiary alicyclic amines) is 1. The first kappa shape index (κ1) is 30.3. The molecule has 2 aromatic heterocycles. The van der Waals surface area contributed by atoms with E-state index in [4.69, 9.17) is 30.5 Å². The van der Waals surface area contributed by atoms with E-state index in [2.05, 4.69) is 22.3 Å². The molecule has 0 N–H and O–H groups in total. The van der Waals surface area contributed by atoms with Gasteiger partial charge in [-0.1, -0.05) is 35.0 Å². The van der Waals surface area contributed by atoms with E-state index >= 15 is 0 Å². The van der Waals surface area contributed by atoms with E-state index in [0.29, 0.717) is 76.0 Å². The summed E-state index contributed by atoms with van der Waals surface area (Å²) in [6.45, 7) is 5.53. The van der Waals surface area contributed by atoms with Crippen LogP contribution < -0.4 is 0 Å². The van der Waals surface area contributed by atoms with Crippen LogP contribution in [0.2, 0.25) is 5.02 Å². The number of hydrogen-bond donors (Lipinski definition) is 0. The minimum atomic E-state index is -0.0977. The number of fused-ring (bicyclic) bond motifs is 1. The van der Waals surface area contributed by atoms with Crippen molar-refractivity contribution >= 4 is 28.4 Å². The van der Waals surface area contributed by atoms with Gasteiger partial charge in [0.25, 0.3) is 5.91 Å². The molecule has 0 amide bonds. The standard InChI is InChI=1S/C31H38ClN5O5/c1-35-11-5-8-30(35)28-22-36(34-33-28)12-13-39-14-15-40-16-17-41-18-19-42-23-25-21-37(29-10-9-26(32)20-27(25)29)31(38)24-6-3-2-4-7-24/h2-4,6-7,9-10,20-22,30H,5,8,11-19,23H2,1H3/t30-/m0/s1. The third-order valence-corrected chi connectivity index (χ3v) is 7.58. The minimum Gasteiger partial charge on any atom is -0.377 e. The van der Waals surface area contributed by atoms with Crippen molar-refractivity contribution in [3.63, 3.8) is 0 Å². The van der Waals surface area contributed by atoms with Crippen LogP contribution in [0.3, 0.4) is 0 Å². The van der Waals surface area contributed by atoms with E-state index in [9.17, 15) is 4.79 Å². The number of rotatable bonds is 16. The molecular formula is C31H38ClN5O5. The summed E-state index contributed by atoms with van der Waals surface area (Å²) >= 11 is 6.24. The molecule has 0 bridgehead atoms. The number of benzene rings is 2. The molecule has 1 fully saturated rings. The van der Waals surface area contributed by atoms with Crippen LogP contribution in [0, 0.1) is 0 Å². The van der Waals surface area contributed by atoms with Crippen LogP contribution in [0.15, 0.2) is 60.9 Å². The van der Waals surface area contributed by atoms with Gasteiger partial charge in [0.15, 0.2) is 0 Å². The lowest BCUT2D eigenvalue weighted by Crippen LogP contribution is -2.17. The van der Waals surface area contributed by atoms with Gasteiger partial charge in [-0.25, -0.2) is 4.68 Å². The maximum atomic E-state index is 13.1. The van der Waals surface area contributed by atoms with Gasteiger partial charge >= 0.3 is 0 Å². The highest BCUT2D eigenvalue weighted by atomic mass is 35.5. The fraction of sp³-hybridized carbons (Fsp3) is 0.452. The van der Waals surface area contributed by atoms with E-state index in [1.807, 2.05) is 47.4 Å². The predicted molar refractivity (Wildman–Crippen MR) is 160 cm³/mol. The summed E-state index contributed by atoms with van der Waals surface area (Å²) < 4.78 is 26.2. The van der Waals surface area contributed by atoms with Gasteiger partial charge in [-0.15, -0.1) is 5.10 Å². The van der Waals surface area contributed by atoms with Crippen LogP contribution in [0.5, 0.6) is 0 Å². The molecule has 224 valence electrons. The van der Waals surface area contributed by atoms with Crippen LogP contribution in [0.4, 0.5) is 0 Å². The molecule has 10 nitrogen and oxygen atoms in total. The Morgan fingerprint density at radius 3 is 2.36 bits per heavy atom. The van der Waals surface area contributed by atoms with Crippen molar-refractivity contribution in [2.75, 3.05) is 59.8 Å². The van der Waals surface area contributed by atoms with Crippen molar-refractivity contribution in [1.29, 1.82) is 0 Å². The molecule has 0 unspecified atom stereocenters. The molecular weight excluding hydrogens is 558 g/mol. The molecule has 0 spiro atoms. The molecule has 0 saturated carbocycles. The molecule has 0 aliphatic carbocycles. The average Bonchev–Trinajstić information content (AvgIpc) is 3.74. The Morgan fingerprint density at radius 1 is 0.929 bits per heavy atom. The third kappa shape index (κ3) is 8.03. The number of hydrogen-bond acceptors (Lipinski definition) is 8. The number of halogens is 1. The van der Waals surface area contributed by atoms with Crippen LogP contribution in [0.1, 0.15) is 40.5 Å².